The van der Waals surface area contributed by atoms with E-state index in [0.717, 1.165) is 10.6 Å². The van der Waals surface area contributed by atoms with Crippen LogP contribution in [0.15, 0.2) is 24.3 Å². The van der Waals surface area contributed by atoms with E-state index in [9.17, 15) is 4.79 Å². The van der Waals surface area contributed by atoms with Crippen molar-refractivity contribution < 1.29 is 9.90 Å². The first-order valence-corrected chi connectivity index (χ1v) is 7.43. The second-order valence-corrected chi connectivity index (χ2v) is 5.71. The van der Waals surface area contributed by atoms with Crippen molar-refractivity contribution in [2.75, 3.05) is 13.2 Å². The maximum absolute atomic E-state index is 12.0. The van der Waals surface area contributed by atoms with Crippen LogP contribution in [0.4, 0.5) is 0 Å². The van der Waals surface area contributed by atoms with Gasteiger partial charge in [-0.3, -0.25) is 4.79 Å². The minimum absolute atomic E-state index is 0.0652. The van der Waals surface area contributed by atoms with Gasteiger partial charge < -0.3 is 10.4 Å². The van der Waals surface area contributed by atoms with Crippen LogP contribution in [0.25, 0.3) is 10.6 Å². The third kappa shape index (κ3) is 3.56. The number of aryl methyl sites for hydroxylation is 1. The number of aliphatic hydroxyl groups is 1. The smallest absolute Gasteiger partial charge is 0.263 e. The molecule has 2 aromatic rings. The highest BCUT2D eigenvalue weighted by Crippen LogP contribution is 2.29. The lowest BCUT2D eigenvalue weighted by molar-refractivity contribution is 0.0954. The van der Waals surface area contributed by atoms with E-state index in [4.69, 9.17) is 16.7 Å². The summed E-state index contributed by atoms with van der Waals surface area (Å²) in [5.41, 5.74) is 1.60. The molecule has 0 bridgehead atoms. The summed E-state index contributed by atoms with van der Waals surface area (Å²) in [7, 11) is 0. The van der Waals surface area contributed by atoms with Gasteiger partial charge in [0.25, 0.3) is 5.91 Å². The fourth-order valence-electron chi connectivity index (χ4n) is 1.71. The van der Waals surface area contributed by atoms with Crippen LogP contribution in [-0.2, 0) is 0 Å². The van der Waals surface area contributed by atoms with Crippen molar-refractivity contribution in [3.63, 3.8) is 0 Å². The van der Waals surface area contributed by atoms with Crippen molar-refractivity contribution >= 4 is 28.8 Å². The van der Waals surface area contributed by atoms with Gasteiger partial charge >= 0.3 is 0 Å². The van der Waals surface area contributed by atoms with E-state index in [0.29, 0.717) is 28.6 Å². The lowest BCUT2D eigenvalue weighted by Crippen LogP contribution is -2.24. The molecule has 0 spiro atoms. The number of halogens is 1. The average molecular weight is 311 g/mol. The molecule has 0 fully saturated rings. The zero-order chi connectivity index (χ0) is 14.5. The van der Waals surface area contributed by atoms with Crippen LogP contribution in [-0.4, -0.2) is 29.1 Å². The van der Waals surface area contributed by atoms with Crippen molar-refractivity contribution in [2.45, 2.75) is 13.3 Å². The number of rotatable bonds is 5. The highest BCUT2D eigenvalue weighted by molar-refractivity contribution is 7.17. The molecule has 2 N–H and O–H groups in total. The molecule has 1 aromatic heterocycles. The standard InChI is InChI=1S/C14H15ClN2O2S/c1-9-12(13(19)16-6-3-7-18)20-14(17-9)10-4-2-5-11(15)8-10/h2,4-5,8,18H,3,6-7H2,1H3,(H,16,19). The molecule has 0 saturated carbocycles. The first-order valence-electron chi connectivity index (χ1n) is 6.24. The molecular formula is C14H15ClN2O2S. The zero-order valence-electron chi connectivity index (χ0n) is 11.0. The number of aliphatic hydroxyl groups excluding tert-OH is 1. The Labute approximate surface area is 126 Å². The Hall–Kier alpha value is -1.43. The molecule has 0 unspecified atom stereocenters. The Morgan fingerprint density at radius 2 is 2.30 bits per heavy atom. The number of carbonyl (C=O) groups excluding carboxylic acids is 1. The topological polar surface area (TPSA) is 62.2 Å². The van der Waals surface area contributed by atoms with Gasteiger partial charge in [0.1, 0.15) is 9.88 Å². The minimum Gasteiger partial charge on any atom is -0.396 e. The number of thiazole rings is 1. The molecule has 1 amide bonds. The summed E-state index contributed by atoms with van der Waals surface area (Å²) in [5.74, 6) is -0.151. The van der Waals surface area contributed by atoms with Crippen LogP contribution < -0.4 is 5.32 Å². The lowest BCUT2D eigenvalue weighted by Gasteiger charge is -2.01. The fraction of sp³-hybridized carbons (Fsp3) is 0.286. The molecule has 2 rings (SSSR count). The second-order valence-electron chi connectivity index (χ2n) is 4.28. The van der Waals surface area contributed by atoms with Crippen LogP contribution in [0.5, 0.6) is 0 Å². The monoisotopic (exact) mass is 310 g/mol. The van der Waals surface area contributed by atoms with Gasteiger partial charge in [-0.15, -0.1) is 11.3 Å². The summed E-state index contributed by atoms with van der Waals surface area (Å²) in [4.78, 5) is 17.0. The first kappa shape index (κ1) is 15.0. The molecule has 6 heteroatoms. The fourth-order valence-corrected chi connectivity index (χ4v) is 2.88. The Bertz CT molecular complexity index is 613. The summed E-state index contributed by atoms with van der Waals surface area (Å²) in [6, 6.07) is 7.40. The van der Waals surface area contributed by atoms with Gasteiger partial charge in [-0.25, -0.2) is 4.98 Å². The van der Waals surface area contributed by atoms with Crippen molar-refractivity contribution in [3.8, 4) is 10.6 Å². The van der Waals surface area contributed by atoms with Crippen LogP contribution in [0, 0.1) is 6.92 Å². The van der Waals surface area contributed by atoms with Gasteiger partial charge in [-0.05, 0) is 25.5 Å². The highest BCUT2D eigenvalue weighted by Gasteiger charge is 2.15. The molecule has 4 nitrogen and oxygen atoms in total. The maximum Gasteiger partial charge on any atom is 0.263 e. The molecular weight excluding hydrogens is 296 g/mol. The Morgan fingerprint density at radius 1 is 1.50 bits per heavy atom. The predicted molar refractivity (Wildman–Crippen MR) is 81.3 cm³/mol. The van der Waals surface area contributed by atoms with E-state index in [-0.39, 0.29) is 12.5 Å². The van der Waals surface area contributed by atoms with Crippen molar-refractivity contribution in [2.24, 2.45) is 0 Å². The number of nitrogens with one attached hydrogen (secondary N) is 1. The van der Waals surface area contributed by atoms with E-state index in [1.54, 1.807) is 6.07 Å². The van der Waals surface area contributed by atoms with Crippen LogP contribution in [0.2, 0.25) is 5.02 Å². The minimum atomic E-state index is -0.151. The van der Waals surface area contributed by atoms with Gasteiger partial charge in [0.2, 0.25) is 0 Å². The van der Waals surface area contributed by atoms with Crippen molar-refractivity contribution in [1.29, 1.82) is 0 Å². The predicted octanol–water partition coefficient (Wildman–Crippen LogP) is 2.88. The lowest BCUT2D eigenvalue weighted by atomic mass is 10.2. The number of benzene rings is 1. The van der Waals surface area contributed by atoms with Gasteiger partial charge in [0.15, 0.2) is 0 Å². The normalized spacial score (nSPS) is 10.6. The molecule has 0 aliphatic heterocycles. The van der Waals surface area contributed by atoms with Gasteiger partial charge in [0, 0.05) is 23.7 Å². The van der Waals surface area contributed by atoms with E-state index in [1.165, 1.54) is 11.3 Å². The number of hydrogen-bond acceptors (Lipinski definition) is 4. The molecule has 1 heterocycles. The summed E-state index contributed by atoms with van der Waals surface area (Å²) < 4.78 is 0. The van der Waals surface area contributed by atoms with Crippen LogP contribution in [0.1, 0.15) is 21.8 Å². The SMILES string of the molecule is Cc1nc(-c2cccc(Cl)c2)sc1C(=O)NCCCO. The molecule has 0 atom stereocenters. The van der Waals surface area contributed by atoms with Gasteiger partial charge in [-0.1, -0.05) is 23.7 Å². The molecule has 0 saturated heterocycles. The summed E-state index contributed by atoms with van der Waals surface area (Å²) >= 11 is 7.31. The summed E-state index contributed by atoms with van der Waals surface area (Å²) in [6.45, 7) is 2.33. The second kappa shape index (κ2) is 6.83. The molecule has 1 aromatic carbocycles. The quantitative estimate of drug-likeness (QED) is 0.835. The van der Waals surface area contributed by atoms with E-state index in [2.05, 4.69) is 10.3 Å². The molecule has 0 aliphatic rings. The first-order chi connectivity index (χ1) is 9.61. The third-order valence-electron chi connectivity index (χ3n) is 2.69. The summed E-state index contributed by atoms with van der Waals surface area (Å²) in [5, 5.41) is 12.9. The molecule has 0 aliphatic carbocycles. The number of nitrogens with zero attached hydrogens (tertiary/aromatic N) is 1. The highest BCUT2D eigenvalue weighted by atomic mass is 35.5. The largest absolute Gasteiger partial charge is 0.396 e. The Morgan fingerprint density at radius 3 is 3.00 bits per heavy atom. The Balaban J connectivity index is 2.19. The molecule has 106 valence electrons. The maximum atomic E-state index is 12.0. The average Bonchev–Trinajstić information content (AvgIpc) is 2.81. The van der Waals surface area contributed by atoms with Crippen LogP contribution in [0.3, 0.4) is 0 Å². The van der Waals surface area contributed by atoms with Gasteiger partial charge in [-0.2, -0.15) is 0 Å². The Kier molecular flexibility index (Phi) is 5.11. The van der Waals surface area contributed by atoms with E-state index in [1.807, 2.05) is 25.1 Å². The number of amides is 1. The summed E-state index contributed by atoms with van der Waals surface area (Å²) in [6.07, 6.45) is 0.546. The zero-order valence-corrected chi connectivity index (χ0v) is 12.6. The molecule has 0 radical (unpaired) electrons. The number of aromatic nitrogens is 1. The van der Waals surface area contributed by atoms with Crippen molar-refractivity contribution in [3.05, 3.63) is 39.9 Å². The van der Waals surface area contributed by atoms with E-state index < -0.39 is 0 Å². The van der Waals surface area contributed by atoms with Crippen molar-refractivity contribution in [1.82, 2.24) is 10.3 Å². The number of carbonyl (C=O) groups is 1. The molecule has 20 heavy (non-hydrogen) atoms. The van der Waals surface area contributed by atoms with Crippen LogP contribution >= 0.6 is 22.9 Å². The third-order valence-corrected chi connectivity index (χ3v) is 4.14. The van der Waals surface area contributed by atoms with Gasteiger partial charge in [0.05, 0.1) is 5.69 Å². The van der Waals surface area contributed by atoms with E-state index >= 15 is 0 Å². The number of hydrogen-bond donors (Lipinski definition) is 2.